The molecule has 0 bridgehead atoms. The Balaban J connectivity index is 4.21. The number of aromatic nitrogens is 3. The van der Waals surface area contributed by atoms with Gasteiger partial charge in [0.2, 0.25) is 17.5 Å². The molecule has 0 aliphatic carbocycles. The molecule has 0 N–H and O–H groups in total. The number of rotatable bonds is 6. The molecule has 0 aromatic carbocycles. The standard InChI is InChI=1S/C12F21N3/c13-4(14,7(19,20)10(25,26)27)1-34-2(5(15,16)8(21,22)11(28,29)30)36-3(35-1)6(17,18)9(23,24)12(31,32)33. The van der Waals surface area contributed by atoms with Crippen LogP contribution in [0.5, 0.6) is 0 Å². The molecule has 0 aliphatic heterocycles. The van der Waals surface area contributed by atoms with Crippen molar-refractivity contribution < 1.29 is 92.2 Å². The molecule has 0 amide bonds. The van der Waals surface area contributed by atoms with Gasteiger partial charge in [-0.1, -0.05) is 0 Å². The summed E-state index contributed by atoms with van der Waals surface area (Å²) in [6.45, 7) is 0. The van der Waals surface area contributed by atoms with Crippen LogP contribution in [-0.2, 0) is 17.8 Å². The fourth-order valence-electron chi connectivity index (χ4n) is 1.75. The van der Waals surface area contributed by atoms with E-state index < -0.39 is 71.5 Å². The highest BCUT2D eigenvalue weighted by molar-refractivity contribution is 5.17. The van der Waals surface area contributed by atoms with Crippen molar-refractivity contribution in [1.82, 2.24) is 15.0 Å². The molecule has 0 saturated carbocycles. The summed E-state index contributed by atoms with van der Waals surface area (Å²) in [5, 5.41) is 0. The minimum absolute atomic E-state index is 1.05. The van der Waals surface area contributed by atoms with Gasteiger partial charge >= 0.3 is 54.1 Å². The van der Waals surface area contributed by atoms with Crippen molar-refractivity contribution in [2.45, 2.75) is 54.1 Å². The molecule has 1 aromatic heterocycles. The van der Waals surface area contributed by atoms with Crippen LogP contribution in [0.4, 0.5) is 92.2 Å². The molecule has 1 aromatic rings. The van der Waals surface area contributed by atoms with Gasteiger partial charge in [-0.05, 0) is 0 Å². The molecule has 0 radical (unpaired) electrons. The highest BCUT2D eigenvalue weighted by Crippen LogP contribution is 2.55. The van der Waals surface area contributed by atoms with E-state index in [4.69, 9.17) is 0 Å². The van der Waals surface area contributed by atoms with Crippen LogP contribution < -0.4 is 0 Å². The zero-order valence-corrected chi connectivity index (χ0v) is 15.3. The molecular formula is C12F21N3. The maximum absolute atomic E-state index is 13.7. The van der Waals surface area contributed by atoms with E-state index in [0.717, 1.165) is 15.0 Å². The van der Waals surface area contributed by atoms with Crippen LogP contribution in [0.25, 0.3) is 0 Å². The van der Waals surface area contributed by atoms with E-state index in [2.05, 4.69) is 0 Å². The van der Waals surface area contributed by atoms with Gasteiger partial charge in [-0.3, -0.25) is 0 Å². The highest BCUT2D eigenvalue weighted by Gasteiger charge is 2.79. The topological polar surface area (TPSA) is 38.7 Å². The number of alkyl halides is 21. The van der Waals surface area contributed by atoms with Crippen molar-refractivity contribution in [1.29, 1.82) is 0 Å². The van der Waals surface area contributed by atoms with Crippen LogP contribution in [0.2, 0.25) is 0 Å². The summed E-state index contributed by atoms with van der Waals surface area (Å²) in [5.74, 6) is -58.2. The van der Waals surface area contributed by atoms with E-state index in [1.807, 2.05) is 0 Å². The molecule has 1 rings (SSSR count). The summed E-state index contributed by atoms with van der Waals surface area (Å²) >= 11 is 0. The fourth-order valence-corrected chi connectivity index (χ4v) is 1.75. The third-order valence-corrected chi connectivity index (χ3v) is 3.73. The Labute approximate surface area is 180 Å². The van der Waals surface area contributed by atoms with Gasteiger partial charge in [0.1, 0.15) is 0 Å². The fraction of sp³-hybridized carbons (Fsp3) is 0.750. The molecule has 36 heavy (non-hydrogen) atoms. The normalized spacial score (nSPS) is 15.9. The Bertz CT molecular complexity index is 832. The lowest BCUT2D eigenvalue weighted by Gasteiger charge is -2.31. The second-order valence-corrected chi connectivity index (χ2v) is 6.25. The molecule has 0 aliphatic rings. The van der Waals surface area contributed by atoms with Gasteiger partial charge in [-0.25, -0.2) is 15.0 Å². The summed E-state index contributed by atoms with van der Waals surface area (Å²) in [5.41, 5.74) is 0. The van der Waals surface area contributed by atoms with Crippen LogP contribution >= 0.6 is 0 Å². The first-order valence-electron chi connectivity index (χ1n) is 7.56. The Morgan fingerprint density at radius 2 is 0.417 bits per heavy atom. The van der Waals surface area contributed by atoms with Gasteiger partial charge in [0.15, 0.2) is 0 Å². The van der Waals surface area contributed by atoms with Crippen LogP contribution in [0.3, 0.4) is 0 Å². The van der Waals surface area contributed by atoms with E-state index in [0.29, 0.717) is 0 Å². The molecule has 0 saturated heterocycles. The maximum Gasteiger partial charge on any atom is 0.460 e. The monoisotopic (exact) mass is 585 g/mol. The average Bonchev–Trinajstić information content (AvgIpc) is 2.64. The zero-order valence-electron chi connectivity index (χ0n) is 15.3. The Hall–Kier alpha value is -2.46. The van der Waals surface area contributed by atoms with Gasteiger partial charge in [0.05, 0.1) is 0 Å². The molecule has 3 nitrogen and oxygen atoms in total. The van der Waals surface area contributed by atoms with E-state index in [1.165, 1.54) is 0 Å². The smallest absolute Gasteiger partial charge is 0.205 e. The average molecular weight is 585 g/mol. The van der Waals surface area contributed by atoms with Crippen molar-refractivity contribution in [3.63, 3.8) is 0 Å². The van der Waals surface area contributed by atoms with Gasteiger partial charge < -0.3 is 0 Å². The minimum atomic E-state index is -7.69. The van der Waals surface area contributed by atoms with Crippen molar-refractivity contribution in [3.05, 3.63) is 17.5 Å². The Morgan fingerprint density at radius 3 is 0.528 bits per heavy atom. The Morgan fingerprint density at radius 1 is 0.278 bits per heavy atom. The van der Waals surface area contributed by atoms with Crippen molar-refractivity contribution in [2.24, 2.45) is 0 Å². The molecular weight excluding hydrogens is 585 g/mol. The van der Waals surface area contributed by atoms with Crippen molar-refractivity contribution in [2.75, 3.05) is 0 Å². The van der Waals surface area contributed by atoms with E-state index in [-0.39, 0.29) is 0 Å². The minimum Gasteiger partial charge on any atom is -0.205 e. The number of halogens is 21. The molecule has 0 fully saturated rings. The van der Waals surface area contributed by atoms with E-state index >= 15 is 0 Å². The molecule has 210 valence electrons. The molecule has 0 atom stereocenters. The van der Waals surface area contributed by atoms with Gasteiger partial charge in [0.25, 0.3) is 0 Å². The SMILES string of the molecule is FC(F)(F)C(F)(F)C(F)(F)c1nc(C(F)(F)C(F)(F)C(F)(F)F)nc(C(F)(F)C(F)(F)C(F)(F)F)n1. The second-order valence-electron chi connectivity index (χ2n) is 6.25. The van der Waals surface area contributed by atoms with E-state index in [9.17, 15) is 92.2 Å². The number of hydrogen-bond acceptors (Lipinski definition) is 3. The molecule has 0 unspecified atom stereocenters. The van der Waals surface area contributed by atoms with Gasteiger partial charge in [-0.2, -0.15) is 92.2 Å². The Kier molecular flexibility index (Phi) is 7.03. The van der Waals surface area contributed by atoms with Gasteiger partial charge in [-0.15, -0.1) is 0 Å². The molecule has 1 heterocycles. The third kappa shape index (κ3) is 4.42. The first-order valence-corrected chi connectivity index (χ1v) is 7.56. The summed E-state index contributed by atoms with van der Waals surface area (Å²) in [7, 11) is 0. The zero-order chi connectivity index (χ0) is 29.4. The molecule has 24 heteroatoms. The predicted octanol–water partition coefficient (Wildman–Crippen LogP) is 6.74. The van der Waals surface area contributed by atoms with Crippen LogP contribution in [-0.4, -0.2) is 51.2 Å². The summed E-state index contributed by atoms with van der Waals surface area (Å²) in [4.78, 5) is 3.16. The van der Waals surface area contributed by atoms with Crippen molar-refractivity contribution in [3.8, 4) is 0 Å². The second kappa shape index (κ2) is 8.02. The quantitative estimate of drug-likeness (QED) is 0.348. The van der Waals surface area contributed by atoms with E-state index in [1.54, 1.807) is 0 Å². The third-order valence-electron chi connectivity index (χ3n) is 3.73. The van der Waals surface area contributed by atoms with Crippen LogP contribution in [0.1, 0.15) is 17.5 Å². The summed E-state index contributed by atoms with van der Waals surface area (Å²) < 4.78 is 271. The summed E-state index contributed by atoms with van der Waals surface area (Å²) in [6, 6.07) is 0. The predicted molar refractivity (Wildman–Crippen MR) is 64.5 cm³/mol. The number of hydrogen-bond donors (Lipinski definition) is 0. The summed E-state index contributed by atoms with van der Waals surface area (Å²) in [6.07, 6.45) is -22.6. The largest absolute Gasteiger partial charge is 0.460 e. The lowest BCUT2D eigenvalue weighted by atomic mass is 10.1. The lowest BCUT2D eigenvalue weighted by molar-refractivity contribution is -0.367. The molecule has 0 spiro atoms. The van der Waals surface area contributed by atoms with Crippen molar-refractivity contribution >= 4 is 0 Å². The number of nitrogens with zero attached hydrogens (tertiary/aromatic N) is 3. The first-order chi connectivity index (χ1) is 15.3. The van der Waals surface area contributed by atoms with Gasteiger partial charge in [0, 0.05) is 0 Å². The maximum atomic E-state index is 13.7. The van der Waals surface area contributed by atoms with Crippen LogP contribution in [0.15, 0.2) is 0 Å². The first kappa shape index (κ1) is 31.6. The highest BCUT2D eigenvalue weighted by atomic mass is 19.4. The van der Waals surface area contributed by atoms with Crippen LogP contribution in [0, 0.1) is 0 Å². The lowest BCUT2D eigenvalue weighted by Crippen LogP contribution is -2.54.